The molecule has 0 radical (unpaired) electrons. The fraction of sp³-hybridized carbons (Fsp3) is 0.458. The Morgan fingerprint density at radius 2 is 1.68 bits per heavy atom. The molecular weight excluding hydrogens is 458 g/mol. The molecule has 2 aromatic carbocycles. The van der Waals surface area contributed by atoms with E-state index in [1.54, 1.807) is 6.92 Å². The van der Waals surface area contributed by atoms with Gasteiger partial charge >= 0.3 is 5.97 Å². The summed E-state index contributed by atoms with van der Waals surface area (Å²) in [4.78, 5) is 14.9. The predicted molar refractivity (Wildman–Crippen MR) is 127 cm³/mol. The number of hydrogen-bond acceptors (Lipinski definition) is 7. The van der Waals surface area contributed by atoms with Gasteiger partial charge in [-0.3, -0.25) is 9.00 Å². The van der Waals surface area contributed by atoms with Gasteiger partial charge in [0.15, 0.2) is 6.10 Å². The van der Waals surface area contributed by atoms with Gasteiger partial charge in [-0.2, -0.15) is 0 Å². The van der Waals surface area contributed by atoms with Crippen LogP contribution in [0.4, 0.5) is 0 Å². The largest absolute Gasteiger partial charge is 0.457 e. The molecular formula is C24H29N3O6S. The molecule has 1 fully saturated rings. The van der Waals surface area contributed by atoms with E-state index in [0.717, 1.165) is 11.1 Å². The predicted octanol–water partition coefficient (Wildman–Crippen LogP) is 3.89. The van der Waals surface area contributed by atoms with Gasteiger partial charge < -0.3 is 18.9 Å². The van der Waals surface area contributed by atoms with Crippen LogP contribution in [0.15, 0.2) is 65.8 Å². The lowest BCUT2D eigenvalue weighted by Crippen LogP contribution is -2.61. The van der Waals surface area contributed by atoms with E-state index in [-0.39, 0.29) is 13.2 Å². The quantitative estimate of drug-likeness (QED) is 0.205. The SMILES string of the molecule is CCS(=O)[C@@H]1O[C@H](COCc2ccccc2)[C@@H](OC(C)=O)[C@H](OCc2ccccc2)[C@@H]1N=[N+]=[N-]. The summed E-state index contributed by atoms with van der Waals surface area (Å²) in [6.45, 7) is 3.62. The fourth-order valence-electron chi connectivity index (χ4n) is 3.75. The number of benzene rings is 2. The van der Waals surface area contributed by atoms with Gasteiger partial charge in [-0.1, -0.05) is 72.7 Å². The van der Waals surface area contributed by atoms with Crippen molar-refractivity contribution in [3.8, 4) is 0 Å². The first kappa shape index (κ1) is 25.9. The Labute approximate surface area is 201 Å². The third-order valence-electron chi connectivity index (χ3n) is 5.32. The lowest BCUT2D eigenvalue weighted by Gasteiger charge is -2.44. The van der Waals surface area contributed by atoms with Crippen LogP contribution >= 0.6 is 0 Å². The number of esters is 1. The fourth-order valence-corrected chi connectivity index (χ4v) is 4.86. The van der Waals surface area contributed by atoms with Gasteiger partial charge in [-0.15, -0.1) is 0 Å². The van der Waals surface area contributed by atoms with Gasteiger partial charge in [0.05, 0.1) is 30.6 Å². The summed E-state index contributed by atoms with van der Waals surface area (Å²) in [5, 5.41) is 3.85. The molecule has 0 spiro atoms. The molecule has 1 heterocycles. The molecule has 0 amide bonds. The van der Waals surface area contributed by atoms with Crippen molar-refractivity contribution in [1.82, 2.24) is 0 Å². The summed E-state index contributed by atoms with van der Waals surface area (Å²) in [5.74, 6) is -0.242. The van der Waals surface area contributed by atoms with E-state index in [9.17, 15) is 14.5 Å². The Balaban J connectivity index is 1.86. The highest BCUT2D eigenvalue weighted by Crippen LogP contribution is 2.31. The maximum atomic E-state index is 12.8. The van der Waals surface area contributed by atoms with E-state index in [1.165, 1.54) is 6.92 Å². The highest BCUT2D eigenvalue weighted by atomic mass is 32.2. The molecule has 0 aliphatic carbocycles. The Kier molecular flexibility index (Phi) is 10.1. The molecule has 2 aromatic rings. The molecule has 0 saturated carbocycles. The van der Waals surface area contributed by atoms with Crippen molar-refractivity contribution >= 4 is 16.8 Å². The molecule has 0 N–H and O–H groups in total. The Morgan fingerprint density at radius 3 is 2.24 bits per heavy atom. The standard InChI is InChI=1S/C24H29N3O6S/c1-3-34(29)24-21(26-27-25)23(31-15-19-12-8-5-9-13-19)22(32-17(2)28)20(33-24)16-30-14-18-10-6-4-7-11-18/h4-13,20-24H,3,14-16H2,1-2H3/t20-,21+,22-,23-,24+,34?/m1/s1. The van der Waals surface area contributed by atoms with Crippen LogP contribution in [0, 0.1) is 0 Å². The molecule has 0 bridgehead atoms. The molecule has 34 heavy (non-hydrogen) atoms. The molecule has 0 aromatic heterocycles. The van der Waals surface area contributed by atoms with Crippen LogP contribution in [-0.4, -0.2) is 52.3 Å². The summed E-state index contributed by atoms with van der Waals surface area (Å²) in [5.41, 5.74) is 10.1. The van der Waals surface area contributed by atoms with Gasteiger partial charge in [-0.05, 0) is 16.7 Å². The maximum Gasteiger partial charge on any atom is 0.303 e. The lowest BCUT2D eigenvalue weighted by molar-refractivity contribution is -0.210. The van der Waals surface area contributed by atoms with Crippen LogP contribution in [0.1, 0.15) is 25.0 Å². The topological polar surface area (TPSA) is 120 Å². The Hall–Kier alpha value is -2.75. The molecule has 3 rings (SSSR count). The minimum Gasteiger partial charge on any atom is -0.457 e. The number of nitrogens with zero attached hydrogens (tertiary/aromatic N) is 3. The van der Waals surface area contributed by atoms with E-state index >= 15 is 0 Å². The van der Waals surface area contributed by atoms with Crippen molar-refractivity contribution in [3.63, 3.8) is 0 Å². The second kappa shape index (κ2) is 13.2. The van der Waals surface area contributed by atoms with Crippen LogP contribution in [0.5, 0.6) is 0 Å². The van der Waals surface area contributed by atoms with E-state index in [4.69, 9.17) is 18.9 Å². The number of ether oxygens (including phenoxy) is 4. The summed E-state index contributed by atoms with van der Waals surface area (Å²) in [7, 11) is -1.47. The van der Waals surface area contributed by atoms with E-state index in [0.29, 0.717) is 12.4 Å². The van der Waals surface area contributed by atoms with Crippen LogP contribution in [-0.2, 0) is 47.8 Å². The van der Waals surface area contributed by atoms with Crippen molar-refractivity contribution in [2.24, 2.45) is 5.11 Å². The first-order valence-electron chi connectivity index (χ1n) is 11.0. The molecule has 10 heteroatoms. The summed E-state index contributed by atoms with van der Waals surface area (Å²) >= 11 is 0. The van der Waals surface area contributed by atoms with Gasteiger partial charge in [0.2, 0.25) is 0 Å². The van der Waals surface area contributed by atoms with E-state index in [2.05, 4.69) is 10.0 Å². The average Bonchev–Trinajstić information content (AvgIpc) is 2.85. The highest BCUT2D eigenvalue weighted by Gasteiger charge is 2.50. The Bertz CT molecular complexity index is 987. The third kappa shape index (κ3) is 7.12. The van der Waals surface area contributed by atoms with Gasteiger partial charge in [0, 0.05) is 17.6 Å². The zero-order valence-corrected chi connectivity index (χ0v) is 20.0. The van der Waals surface area contributed by atoms with Crippen LogP contribution in [0.25, 0.3) is 10.4 Å². The summed E-state index contributed by atoms with van der Waals surface area (Å²) in [6.07, 6.45) is -2.56. The number of carbonyl (C=O) groups is 1. The van der Waals surface area contributed by atoms with Crippen LogP contribution in [0.2, 0.25) is 0 Å². The molecule has 6 atom stereocenters. The van der Waals surface area contributed by atoms with Crippen LogP contribution < -0.4 is 0 Å². The second-order valence-corrected chi connectivity index (χ2v) is 9.55. The molecule has 9 nitrogen and oxygen atoms in total. The van der Waals surface area contributed by atoms with Crippen molar-refractivity contribution in [1.29, 1.82) is 0 Å². The van der Waals surface area contributed by atoms with Gasteiger partial charge in [0.1, 0.15) is 23.7 Å². The zero-order valence-electron chi connectivity index (χ0n) is 19.2. The number of carbonyl (C=O) groups excluding carboxylic acids is 1. The van der Waals surface area contributed by atoms with Crippen LogP contribution in [0.3, 0.4) is 0 Å². The van der Waals surface area contributed by atoms with Crippen molar-refractivity contribution in [3.05, 3.63) is 82.2 Å². The molecule has 1 saturated heterocycles. The molecule has 182 valence electrons. The normalized spacial score (nSPS) is 25.2. The average molecular weight is 488 g/mol. The van der Waals surface area contributed by atoms with Gasteiger partial charge in [0.25, 0.3) is 0 Å². The van der Waals surface area contributed by atoms with Crippen molar-refractivity contribution in [2.75, 3.05) is 12.4 Å². The third-order valence-corrected chi connectivity index (χ3v) is 6.80. The zero-order chi connectivity index (χ0) is 24.3. The highest BCUT2D eigenvalue weighted by molar-refractivity contribution is 7.85. The Morgan fingerprint density at radius 1 is 1.06 bits per heavy atom. The molecule has 1 unspecified atom stereocenters. The number of rotatable bonds is 11. The monoisotopic (exact) mass is 487 g/mol. The lowest BCUT2D eigenvalue weighted by atomic mass is 9.98. The number of hydrogen-bond donors (Lipinski definition) is 0. The molecule has 1 aliphatic heterocycles. The van der Waals surface area contributed by atoms with E-state index < -0.39 is 46.6 Å². The second-order valence-electron chi connectivity index (χ2n) is 7.74. The van der Waals surface area contributed by atoms with E-state index in [1.807, 2.05) is 60.7 Å². The van der Waals surface area contributed by atoms with Crippen molar-refractivity contribution < 1.29 is 28.0 Å². The van der Waals surface area contributed by atoms with Crippen molar-refractivity contribution in [2.45, 2.75) is 56.9 Å². The summed E-state index contributed by atoms with van der Waals surface area (Å²) in [6, 6.07) is 18.1. The first-order chi connectivity index (χ1) is 16.5. The molecule has 1 aliphatic rings. The number of azide groups is 1. The smallest absolute Gasteiger partial charge is 0.303 e. The maximum absolute atomic E-state index is 12.8. The first-order valence-corrected chi connectivity index (χ1v) is 12.4. The van der Waals surface area contributed by atoms with Gasteiger partial charge in [-0.25, -0.2) is 0 Å². The minimum atomic E-state index is -1.47. The minimum absolute atomic E-state index is 0.0679. The summed E-state index contributed by atoms with van der Waals surface area (Å²) < 4.78 is 36.5.